The van der Waals surface area contributed by atoms with E-state index in [0.29, 0.717) is 16.8 Å². The van der Waals surface area contributed by atoms with E-state index in [1.807, 2.05) is 13.8 Å². The van der Waals surface area contributed by atoms with E-state index < -0.39 is 0 Å². The Morgan fingerprint density at radius 3 is 2.71 bits per heavy atom. The van der Waals surface area contributed by atoms with E-state index in [4.69, 9.17) is 4.42 Å². The van der Waals surface area contributed by atoms with Gasteiger partial charge in [-0.05, 0) is 35.8 Å². The minimum absolute atomic E-state index is 0.0773. The van der Waals surface area contributed by atoms with Gasteiger partial charge in [-0.2, -0.15) is 0 Å². The Hall–Kier alpha value is -1.30. The summed E-state index contributed by atoms with van der Waals surface area (Å²) in [5.41, 5.74) is 0.425. The zero-order chi connectivity index (χ0) is 12.8. The summed E-state index contributed by atoms with van der Waals surface area (Å²) in [7, 11) is 0. The van der Waals surface area contributed by atoms with Crippen LogP contribution in [-0.4, -0.2) is 24.4 Å². The summed E-state index contributed by atoms with van der Waals surface area (Å²) in [6.07, 6.45) is 1.68. The Morgan fingerprint density at radius 2 is 2.18 bits per heavy atom. The molecule has 5 nitrogen and oxygen atoms in total. The second kappa shape index (κ2) is 6.44. The van der Waals surface area contributed by atoms with E-state index in [2.05, 4.69) is 26.6 Å². The second-order valence-corrected chi connectivity index (χ2v) is 4.56. The second-order valence-electron chi connectivity index (χ2n) is 3.84. The Kier molecular flexibility index (Phi) is 5.21. The van der Waals surface area contributed by atoms with Gasteiger partial charge >= 0.3 is 0 Å². The Balaban J connectivity index is 2.30. The molecule has 2 amide bonds. The van der Waals surface area contributed by atoms with E-state index >= 15 is 0 Å². The molecule has 1 aromatic heterocycles. The Morgan fingerprint density at radius 1 is 1.47 bits per heavy atom. The molecule has 0 aliphatic rings. The normalized spacial score (nSPS) is 10.4. The van der Waals surface area contributed by atoms with Crippen molar-refractivity contribution in [3.05, 3.63) is 22.6 Å². The van der Waals surface area contributed by atoms with Crippen molar-refractivity contribution in [1.29, 1.82) is 0 Å². The molecule has 0 aliphatic heterocycles. The van der Waals surface area contributed by atoms with Crippen molar-refractivity contribution in [2.75, 3.05) is 6.54 Å². The van der Waals surface area contributed by atoms with Crippen molar-refractivity contribution in [3.8, 4) is 0 Å². The largest absolute Gasteiger partial charge is 0.457 e. The predicted molar refractivity (Wildman–Crippen MR) is 66.6 cm³/mol. The van der Waals surface area contributed by atoms with Crippen LogP contribution >= 0.6 is 15.9 Å². The van der Waals surface area contributed by atoms with Crippen molar-refractivity contribution in [2.24, 2.45) is 0 Å². The van der Waals surface area contributed by atoms with Crippen molar-refractivity contribution in [2.45, 2.75) is 26.3 Å². The monoisotopic (exact) mass is 302 g/mol. The predicted octanol–water partition coefficient (Wildman–Crippen LogP) is 1.69. The first-order chi connectivity index (χ1) is 8.00. The number of nitrogens with one attached hydrogen (secondary N) is 2. The number of hydrogen-bond donors (Lipinski definition) is 2. The van der Waals surface area contributed by atoms with Crippen LogP contribution in [0.25, 0.3) is 0 Å². The molecule has 1 heterocycles. The van der Waals surface area contributed by atoms with Gasteiger partial charge in [-0.15, -0.1) is 0 Å². The molecule has 0 unspecified atom stereocenters. The number of carbonyl (C=O) groups is 2. The minimum atomic E-state index is -0.261. The lowest BCUT2D eigenvalue weighted by atomic mass is 10.3. The molecule has 0 saturated heterocycles. The summed E-state index contributed by atoms with van der Waals surface area (Å²) in [5.74, 6) is -0.338. The van der Waals surface area contributed by atoms with Crippen molar-refractivity contribution >= 4 is 27.7 Å². The summed E-state index contributed by atoms with van der Waals surface area (Å²) in [6.45, 7) is 4.08. The SMILES string of the molecule is CC(C)NC(=O)CCNC(=O)c1ccoc1Br. The van der Waals surface area contributed by atoms with Gasteiger partial charge in [0.2, 0.25) is 5.91 Å². The highest BCUT2D eigenvalue weighted by atomic mass is 79.9. The molecule has 0 fully saturated rings. The Labute approximate surface area is 108 Å². The zero-order valence-electron chi connectivity index (χ0n) is 9.75. The summed E-state index contributed by atoms with van der Waals surface area (Å²) >= 11 is 3.11. The summed E-state index contributed by atoms with van der Waals surface area (Å²) in [6, 6.07) is 1.68. The first-order valence-corrected chi connectivity index (χ1v) is 6.10. The van der Waals surface area contributed by atoms with Crippen LogP contribution in [0, 0.1) is 0 Å². The van der Waals surface area contributed by atoms with Gasteiger partial charge in [0.05, 0.1) is 11.8 Å². The van der Waals surface area contributed by atoms with Gasteiger partial charge in [-0.1, -0.05) is 0 Å². The van der Waals surface area contributed by atoms with Crippen LogP contribution in [0.2, 0.25) is 0 Å². The Bertz CT molecular complexity index is 401. The van der Waals surface area contributed by atoms with Gasteiger partial charge in [0.25, 0.3) is 5.91 Å². The van der Waals surface area contributed by atoms with Gasteiger partial charge in [0.1, 0.15) is 0 Å². The van der Waals surface area contributed by atoms with E-state index in [0.717, 1.165) is 0 Å². The summed E-state index contributed by atoms with van der Waals surface area (Å²) in [5, 5.41) is 5.38. The standard InChI is InChI=1S/C11H15BrN2O3/c1-7(2)14-9(15)3-5-13-11(16)8-4-6-17-10(8)12/h4,6-7H,3,5H2,1-2H3,(H,13,16)(H,14,15). The van der Waals surface area contributed by atoms with Gasteiger partial charge in [0, 0.05) is 19.0 Å². The minimum Gasteiger partial charge on any atom is -0.457 e. The fraction of sp³-hybridized carbons (Fsp3) is 0.455. The van der Waals surface area contributed by atoms with Crippen LogP contribution < -0.4 is 10.6 Å². The fourth-order valence-electron chi connectivity index (χ4n) is 1.23. The topological polar surface area (TPSA) is 71.3 Å². The molecule has 17 heavy (non-hydrogen) atoms. The van der Waals surface area contributed by atoms with E-state index in [1.165, 1.54) is 6.26 Å². The smallest absolute Gasteiger partial charge is 0.255 e. The molecule has 0 radical (unpaired) electrons. The van der Waals surface area contributed by atoms with Crippen LogP contribution in [0.15, 0.2) is 21.4 Å². The molecule has 0 saturated carbocycles. The molecule has 1 rings (SSSR count). The lowest BCUT2D eigenvalue weighted by molar-refractivity contribution is -0.121. The number of hydrogen-bond acceptors (Lipinski definition) is 3. The molecule has 1 aromatic rings. The van der Waals surface area contributed by atoms with Crippen LogP contribution in [-0.2, 0) is 4.79 Å². The lowest BCUT2D eigenvalue weighted by Gasteiger charge is -2.08. The molecule has 0 aliphatic carbocycles. The molecular formula is C11H15BrN2O3. The maximum Gasteiger partial charge on any atom is 0.255 e. The number of rotatable bonds is 5. The number of furan rings is 1. The fourth-order valence-corrected chi connectivity index (χ4v) is 1.65. The molecule has 6 heteroatoms. The first kappa shape index (κ1) is 13.8. The number of carbonyl (C=O) groups excluding carboxylic acids is 2. The van der Waals surface area contributed by atoms with Crippen molar-refractivity contribution in [3.63, 3.8) is 0 Å². The average Bonchev–Trinajstić information content (AvgIpc) is 2.63. The van der Waals surface area contributed by atoms with Gasteiger partial charge in [-0.3, -0.25) is 9.59 Å². The highest BCUT2D eigenvalue weighted by molar-refractivity contribution is 9.10. The maximum atomic E-state index is 11.6. The lowest BCUT2D eigenvalue weighted by Crippen LogP contribution is -2.34. The van der Waals surface area contributed by atoms with Gasteiger partial charge < -0.3 is 15.1 Å². The number of amides is 2. The van der Waals surface area contributed by atoms with E-state index in [1.54, 1.807) is 6.07 Å². The van der Waals surface area contributed by atoms with Crippen LogP contribution in [0.5, 0.6) is 0 Å². The quantitative estimate of drug-likeness (QED) is 0.869. The van der Waals surface area contributed by atoms with E-state index in [-0.39, 0.29) is 24.3 Å². The highest BCUT2D eigenvalue weighted by Crippen LogP contribution is 2.16. The van der Waals surface area contributed by atoms with Crippen molar-refractivity contribution < 1.29 is 14.0 Å². The zero-order valence-corrected chi connectivity index (χ0v) is 11.3. The van der Waals surface area contributed by atoms with Crippen LogP contribution in [0.4, 0.5) is 0 Å². The van der Waals surface area contributed by atoms with Crippen molar-refractivity contribution in [1.82, 2.24) is 10.6 Å². The first-order valence-electron chi connectivity index (χ1n) is 5.31. The van der Waals surface area contributed by atoms with E-state index in [9.17, 15) is 9.59 Å². The van der Waals surface area contributed by atoms with Crippen LogP contribution in [0.1, 0.15) is 30.6 Å². The molecule has 0 spiro atoms. The third-order valence-electron chi connectivity index (χ3n) is 1.95. The van der Waals surface area contributed by atoms with Gasteiger partial charge in [0.15, 0.2) is 4.67 Å². The maximum absolute atomic E-state index is 11.6. The summed E-state index contributed by atoms with van der Waals surface area (Å²) < 4.78 is 5.33. The highest BCUT2D eigenvalue weighted by Gasteiger charge is 2.12. The molecular weight excluding hydrogens is 288 g/mol. The average molecular weight is 303 g/mol. The molecule has 0 aromatic carbocycles. The third-order valence-corrected chi connectivity index (χ3v) is 2.56. The molecule has 0 atom stereocenters. The molecule has 2 N–H and O–H groups in total. The number of halogens is 1. The molecule has 94 valence electrons. The third kappa shape index (κ3) is 4.60. The van der Waals surface area contributed by atoms with Gasteiger partial charge in [-0.25, -0.2) is 0 Å². The summed E-state index contributed by atoms with van der Waals surface area (Å²) in [4.78, 5) is 22.9. The molecule has 0 bridgehead atoms. The van der Waals surface area contributed by atoms with Crippen LogP contribution in [0.3, 0.4) is 0 Å².